The molecule has 1 unspecified atom stereocenters. The first-order valence-corrected chi connectivity index (χ1v) is 4.95. The van der Waals surface area contributed by atoms with Crippen LogP contribution < -0.4 is 5.32 Å². The second-order valence-corrected chi connectivity index (χ2v) is 3.86. The average molecular weight is 245 g/mol. The number of piperidine rings is 1. The molecule has 2 rings (SSSR count). The highest BCUT2D eigenvalue weighted by molar-refractivity contribution is 5.85. The Balaban J connectivity index is 0.000000845. The topological polar surface area (TPSA) is 15.3 Å². The lowest BCUT2D eigenvalue weighted by atomic mass is 10.1. The molecule has 1 N–H and O–H groups in total. The van der Waals surface area contributed by atoms with Crippen LogP contribution in [0.1, 0.15) is 19.3 Å². The molecule has 86 valence electrons. The van der Waals surface area contributed by atoms with Crippen LogP contribution in [0.4, 0.5) is 4.39 Å². The van der Waals surface area contributed by atoms with Crippen molar-refractivity contribution in [3.05, 3.63) is 0 Å². The van der Waals surface area contributed by atoms with Crippen molar-refractivity contribution in [2.75, 3.05) is 26.2 Å². The molecular weight excluding hydrogens is 226 g/mol. The zero-order valence-corrected chi connectivity index (χ0v) is 9.88. The minimum Gasteiger partial charge on any atom is -0.317 e. The Kier molecular flexibility index (Phi) is 7.04. The highest BCUT2D eigenvalue weighted by Crippen LogP contribution is 2.19. The zero-order valence-electron chi connectivity index (χ0n) is 8.25. The van der Waals surface area contributed by atoms with Crippen molar-refractivity contribution >= 4 is 24.8 Å². The molecule has 0 radical (unpaired) electrons. The van der Waals surface area contributed by atoms with Crippen LogP contribution >= 0.6 is 24.8 Å². The molecule has 0 bridgehead atoms. The van der Waals surface area contributed by atoms with Gasteiger partial charge in [-0.05, 0) is 32.4 Å². The third-order valence-electron chi connectivity index (χ3n) is 2.99. The first-order valence-electron chi connectivity index (χ1n) is 4.95. The Morgan fingerprint density at radius 2 is 1.71 bits per heavy atom. The maximum Gasteiger partial charge on any atom is 0.114 e. The molecular formula is C9H19Cl2FN2. The van der Waals surface area contributed by atoms with Crippen LogP contribution in [-0.2, 0) is 0 Å². The number of alkyl halides is 1. The van der Waals surface area contributed by atoms with Gasteiger partial charge in [-0.15, -0.1) is 24.8 Å². The van der Waals surface area contributed by atoms with Crippen LogP contribution in [0.2, 0.25) is 0 Å². The minimum atomic E-state index is -0.556. The maximum atomic E-state index is 12.9. The lowest BCUT2D eigenvalue weighted by Crippen LogP contribution is -2.42. The minimum absolute atomic E-state index is 0. The van der Waals surface area contributed by atoms with Crippen molar-refractivity contribution in [1.29, 1.82) is 0 Å². The van der Waals surface area contributed by atoms with Crippen LogP contribution in [0, 0.1) is 0 Å². The summed E-state index contributed by atoms with van der Waals surface area (Å²) in [5.74, 6) is 0. The van der Waals surface area contributed by atoms with E-state index in [9.17, 15) is 4.39 Å². The van der Waals surface area contributed by atoms with E-state index >= 15 is 0 Å². The first-order chi connectivity index (χ1) is 5.86. The molecule has 0 aromatic carbocycles. The van der Waals surface area contributed by atoms with E-state index in [-0.39, 0.29) is 24.8 Å². The van der Waals surface area contributed by atoms with Gasteiger partial charge in [0.25, 0.3) is 0 Å². The van der Waals surface area contributed by atoms with Gasteiger partial charge < -0.3 is 5.32 Å². The second kappa shape index (κ2) is 6.83. The Morgan fingerprint density at radius 1 is 1.07 bits per heavy atom. The molecule has 0 spiro atoms. The van der Waals surface area contributed by atoms with Crippen molar-refractivity contribution < 1.29 is 4.39 Å². The number of nitrogens with one attached hydrogen (secondary N) is 1. The lowest BCUT2D eigenvalue weighted by molar-refractivity contribution is 0.184. The van der Waals surface area contributed by atoms with Crippen LogP contribution in [0.25, 0.3) is 0 Å². The molecule has 2 nitrogen and oxygen atoms in total. The van der Waals surface area contributed by atoms with E-state index in [1.807, 2.05) is 0 Å². The summed E-state index contributed by atoms with van der Waals surface area (Å²) in [5.41, 5.74) is 0. The highest BCUT2D eigenvalue weighted by atomic mass is 35.5. The Bertz CT molecular complexity index is 151. The molecule has 0 aliphatic carbocycles. The van der Waals surface area contributed by atoms with Crippen molar-refractivity contribution in [3.8, 4) is 0 Å². The summed E-state index contributed by atoms with van der Waals surface area (Å²) in [6, 6.07) is 0.659. The van der Waals surface area contributed by atoms with Gasteiger partial charge in [-0.1, -0.05) is 0 Å². The van der Waals surface area contributed by atoms with Crippen molar-refractivity contribution in [2.45, 2.75) is 31.5 Å². The van der Waals surface area contributed by atoms with Gasteiger partial charge in [0, 0.05) is 19.1 Å². The Labute approximate surface area is 97.4 Å². The fraction of sp³-hybridized carbons (Fsp3) is 1.00. The highest BCUT2D eigenvalue weighted by Gasteiger charge is 2.28. The van der Waals surface area contributed by atoms with E-state index in [1.54, 1.807) is 0 Å². The lowest BCUT2D eigenvalue weighted by Gasteiger charge is -2.30. The van der Waals surface area contributed by atoms with Crippen molar-refractivity contribution in [3.63, 3.8) is 0 Å². The molecule has 2 heterocycles. The fourth-order valence-electron chi connectivity index (χ4n) is 2.25. The van der Waals surface area contributed by atoms with Gasteiger partial charge in [0.2, 0.25) is 0 Å². The third-order valence-corrected chi connectivity index (χ3v) is 2.99. The van der Waals surface area contributed by atoms with Gasteiger partial charge in [-0.3, -0.25) is 4.90 Å². The van der Waals surface area contributed by atoms with Crippen LogP contribution in [0.3, 0.4) is 0 Å². The van der Waals surface area contributed by atoms with E-state index in [2.05, 4.69) is 10.2 Å². The van der Waals surface area contributed by atoms with Crippen LogP contribution in [0.15, 0.2) is 0 Å². The number of halogens is 3. The average Bonchev–Trinajstić information content (AvgIpc) is 2.54. The third kappa shape index (κ3) is 3.54. The molecule has 2 fully saturated rings. The zero-order chi connectivity index (χ0) is 8.39. The van der Waals surface area contributed by atoms with E-state index in [0.717, 1.165) is 26.1 Å². The number of likely N-dealkylation sites (tertiary alicyclic amines) is 1. The summed E-state index contributed by atoms with van der Waals surface area (Å²) in [5, 5.41) is 3.33. The smallest absolute Gasteiger partial charge is 0.114 e. The Morgan fingerprint density at radius 3 is 2.21 bits per heavy atom. The number of rotatable bonds is 1. The van der Waals surface area contributed by atoms with E-state index in [1.165, 1.54) is 12.8 Å². The van der Waals surface area contributed by atoms with Gasteiger partial charge in [-0.2, -0.15) is 0 Å². The normalized spacial score (nSPS) is 29.4. The van der Waals surface area contributed by atoms with Gasteiger partial charge >= 0.3 is 0 Å². The molecule has 5 heteroatoms. The summed E-state index contributed by atoms with van der Waals surface area (Å²) in [4.78, 5) is 2.32. The predicted octanol–water partition coefficient (Wildman–Crippen LogP) is 1.63. The van der Waals surface area contributed by atoms with E-state index in [0.29, 0.717) is 12.6 Å². The summed E-state index contributed by atoms with van der Waals surface area (Å²) >= 11 is 0. The SMILES string of the molecule is Cl.Cl.FC1CCN(C2CCNCC2)C1. The maximum absolute atomic E-state index is 12.9. The van der Waals surface area contributed by atoms with Gasteiger partial charge in [0.15, 0.2) is 0 Å². The van der Waals surface area contributed by atoms with Crippen LogP contribution in [0.5, 0.6) is 0 Å². The van der Waals surface area contributed by atoms with Crippen molar-refractivity contribution in [1.82, 2.24) is 10.2 Å². The first kappa shape index (κ1) is 14.4. The summed E-state index contributed by atoms with van der Waals surface area (Å²) < 4.78 is 12.9. The summed E-state index contributed by atoms with van der Waals surface area (Å²) in [7, 11) is 0. The van der Waals surface area contributed by atoms with Gasteiger partial charge in [0.05, 0.1) is 0 Å². The number of hydrogen-bond donors (Lipinski definition) is 1. The molecule has 0 amide bonds. The molecule has 0 aromatic rings. The number of nitrogens with zero attached hydrogens (tertiary/aromatic N) is 1. The predicted molar refractivity (Wildman–Crippen MR) is 61.5 cm³/mol. The summed E-state index contributed by atoms with van der Waals surface area (Å²) in [6.07, 6.45) is 2.60. The monoisotopic (exact) mass is 244 g/mol. The molecule has 14 heavy (non-hydrogen) atoms. The fourth-order valence-corrected chi connectivity index (χ4v) is 2.25. The van der Waals surface area contributed by atoms with Crippen molar-refractivity contribution in [2.24, 2.45) is 0 Å². The second-order valence-electron chi connectivity index (χ2n) is 3.86. The summed E-state index contributed by atoms with van der Waals surface area (Å²) in [6.45, 7) is 3.88. The van der Waals surface area contributed by atoms with Crippen LogP contribution in [-0.4, -0.2) is 43.3 Å². The van der Waals surface area contributed by atoms with E-state index in [4.69, 9.17) is 0 Å². The largest absolute Gasteiger partial charge is 0.317 e. The quantitative estimate of drug-likeness (QED) is 0.755. The van der Waals surface area contributed by atoms with Gasteiger partial charge in [0.1, 0.15) is 6.17 Å². The molecule has 2 aliphatic heterocycles. The molecule has 0 aromatic heterocycles. The molecule has 2 saturated heterocycles. The standard InChI is InChI=1S/C9H17FN2.2ClH/c10-8-3-6-12(7-8)9-1-4-11-5-2-9;;/h8-9,11H,1-7H2;2*1H. The Hall–Kier alpha value is 0.430. The number of hydrogen-bond acceptors (Lipinski definition) is 2. The van der Waals surface area contributed by atoms with Gasteiger partial charge in [-0.25, -0.2) is 4.39 Å². The van der Waals surface area contributed by atoms with E-state index < -0.39 is 6.17 Å². The molecule has 2 aliphatic rings. The molecule has 1 atom stereocenters. The molecule has 0 saturated carbocycles.